The molecule has 7 heteroatoms. The monoisotopic (exact) mass is 448 g/mol. The first-order chi connectivity index (χ1) is 15.4. The average molecular weight is 448 g/mol. The molecule has 0 aromatic heterocycles. The van der Waals surface area contributed by atoms with Gasteiger partial charge in [-0.15, -0.1) is 0 Å². The molecule has 2 aromatic rings. The lowest BCUT2D eigenvalue weighted by atomic mass is 9.95. The van der Waals surface area contributed by atoms with Crippen LogP contribution in [0.4, 0.5) is 13.2 Å². The lowest BCUT2D eigenvalue weighted by Gasteiger charge is -2.29. The van der Waals surface area contributed by atoms with Crippen LogP contribution in [-0.2, 0) is 22.3 Å². The van der Waals surface area contributed by atoms with Crippen LogP contribution in [0, 0.1) is 17.5 Å². The Morgan fingerprint density at radius 1 is 1.03 bits per heavy atom. The lowest BCUT2D eigenvalue weighted by molar-refractivity contribution is -0.0689. The van der Waals surface area contributed by atoms with Crippen LogP contribution in [0.3, 0.4) is 0 Å². The molecule has 32 heavy (non-hydrogen) atoms. The fraction of sp³-hybridized carbons (Fsp3) is 0.480. The normalized spacial score (nSPS) is 19.7. The van der Waals surface area contributed by atoms with Crippen LogP contribution < -0.4 is 4.74 Å². The van der Waals surface area contributed by atoms with Gasteiger partial charge in [0.05, 0.1) is 18.3 Å². The number of halogens is 3. The van der Waals surface area contributed by atoms with E-state index in [1.807, 2.05) is 6.92 Å². The number of rotatable bonds is 6. The van der Waals surface area contributed by atoms with Gasteiger partial charge in [-0.3, -0.25) is 0 Å². The van der Waals surface area contributed by atoms with Gasteiger partial charge in [0.15, 0.2) is 23.1 Å². The Balaban J connectivity index is 1.53. The highest BCUT2D eigenvalue weighted by Crippen LogP contribution is 2.42. The molecule has 0 saturated carbocycles. The van der Waals surface area contributed by atoms with E-state index >= 15 is 4.39 Å². The molecule has 4 nitrogen and oxygen atoms in total. The second-order valence-corrected chi connectivity index (χ2v) is 8.44. The van der Waals surface area contributed by atoms with Crippen molar-refractivity contribution in [3.05, 3.63) is 57.9 Å². The van der Waals surface area contributed by atoms with Crippen molar-refractivity contribution >= 4 is 5.97 Å². The number of carbonyl (C=O) groups excluding carboxylic acids is 1. The van der Waals surface area contributed by atoms with Crippen molar-refractivity contribution in [3.63, 3.8) is 0 Å². The van der Waals surface area contributed by atoms with Crippen molar-refractivity contribution in [1.82, 2.24) is 0 Å². The van der Waals surface area contributed by atoms with E-state index in [1.54, 1.807) is 12.1 Å². The smallest absolute Gasteiger partial charge is 0.341 e. The number of aryl methyl sites for hydroxylation is 1. The van der Waals surface area contributed by atoms with Crippen molar-refractivity contribution < 1.29 is 32.2 Å². The summed E-state index contributed by atoms with van der Waals surface area (Å²) in [7, 11) is 0. The first kappa shape index (κ1) is 22.6. The second kappa shape index (κ2) is 9.53. The Morgan fingerprint density at radius 3 is 2.50 bits per heavy atom. The third kappa shape index (κ3) is 4.35. The van der Waals surface area contributed by atoms with Crippen LogP contribution in [0.5, 0.6) is 11.5 Å². The maximum atomic E-state index is 15.2. The molecular formula is C25H27F3O4. The van der Waals surface area contributed by atoms with E-state index in [4.69, 9.17) is 14.2 Å². The lowest BCUT2D eigenvalue weighted by Crippen LogP contribution is -2.33. The van der Waals surface area contributed by atoms with Crippen molar-refractivity contribution in [1.29, 1.82) is 0 Å². The summed E-state index contributed by atoms with van der Waals surface area (Å²) in [5.41, 5.74) is 0.887. The largest absolute Gasteiger partial charge is 0.456 e. The molecule has 2 aromatic carbocycles. The molecule has 0 radical (unpaired) electrons. The zero-order valence-electron chi connectivity index (χ0n) is 18.3. The fourth-order valence-electron chi connectivity index (χ4n) is 4.36. The number of hydrogen-bond donors (Lipinski definition) is 0. The summed E-state index contributed by atoms with van der Waals surface area (Å²) in [6.45, 7) is 4.23. The molecule has 2 unspecified atom stereocenters. The van der Waals surface area contributed by atoms with Crippen molar-refractivity contribution in [3.8, 4) is 11.5 Å². The SMILES string of the molecule is CCCc1cc2c(c(F)c1F)Oc1c(ccc(C(=O)OC3CCC(CCC)OC3)c1F)C2. The molecule has 172 valence electrons. The molecule has 1 fully saturated rings. The molecule has 2 atom stereocenters. The van der Waals surface area contributed by atoms with Gasteiger partial charge in [0, 0.05) is 17.5 Å². The molecule has 0 N–H and O–H groups in total. The van der Waals surface area contributed by atoms with Crippen LogP contribution in [0.15, 0.2) is 18.2 Å². The van der Waals surface area contributed by atoms with Gasteiger partial charge in [-0.1, -0.05) is 32.8 Å². The molecule has 2 heterocycles. The highest BCUT2D eigenvalue weighted by molar-refractivity contribution is 5.90. The van der Waals surface area contributed by atoms with Gasteiger partial charge >= 0.3 is 5.97 Å². The number of carbonyl (C=O) groups is 1. The van der Waals surface area contributed by atoms with Crippen LogP contribution in [0.1, 0.15) is 73.0 Å². The van der Waals surface area contributed by atoms with Crippen LogP contribution >= 0.6 is 0 Å². The Hall–Kier alpha value is -2.54. The Morgan fingerprint density at radius 2 is 1.81 bits per heavy atom. The van der Waals surface area contributed by atoms with E-state index in [1.165, 1.54) is 6.07 Å². The third-order valence-corrected chi connectivity index (χ3v) is 6.03. The quantitative estimate of drug-likeness (QED) is 0.418. The number of benzene rings is 2. The van der Waals surface area contributed by atoms with E-state index < -0.39 is 29.5 Å². The third-order valence-electron chi connectivity index (χ3n) is 6.03. The van der Waals surface area contributed by atoms with Gasteiger partial charge in [-0.25, -0.2) is 13.6 Å². The Kier molecular flexibility index (Phi) is 6.74. The van der Waals surface area contributed by atoms with Crippen LogP contribution in [0.25, 0.3) is 0 Å². The zero-order valence-corrected chi connectivity index (χ0v) is 18.3. The number of ether oxygens (including phenoxy) is 3. The van der Waals surface area contributed by atoms with Gasteiger partial charge in [-0.05, 0) is 43.4 Å². The van der Waals surface area contributed by atoms with Crippen molar-refractivity contribution in [2.75, 3.05) is 6.61 Å². The van der Waals surface area contributed by atoms with Crippen molar-refractivity contribution in [2.24, 2.45) is 0 Å². The first-order valence-electron chi connectivity index (χ1n) is 11.2. The van der Waals surface area contributed by atoms with Gasteiger partial charge in [-0.2, -0.15) is 4.39 Å². The summed E-state index contributed by atoms with van der Waals surface area (Å²) >= 11 is 0. The number of fused-ring (bicyclic) bond motifs is 2. The van der Waals surface area contributed by atoms with Crippen LogP contribution in [0.2, 0.25) is 0 Å². The Bertz CT molecular complexity index is 1010. The number of hydrogen-bond acceptors (Lipinski definition) is 4. The molecular weight excluding hydrogens is 421 g/mol. The molecule has 0 spiro atoms. The van der Waals surface area contributed by atoms with Gasteiger partial charge in [0.1, 0.15) is 6.10 Å². The number of esters is 1. The maximum absolute atomic E-state index is 15.2. The highest BCUT2D eigenvalue weighted by Gasteiger charge is 2.31. The Labute approximate surface area is 185 Å². The average Bonchev–Trinajstić information content (AvgIpc) is 2.78. The van der Waals surface area contributed by atoms with E-state index in [-0.39, 0.29) is 41.8 Å². The van der Waals surface area contributed by atoms with Gasteiger partial charge in [0.25, 0.3) is 0 Å². The summed E-state index contributed by atoms with van der Waals surface area (Å²) in [5, 5.41) is 0. The molecule has 0 bridgehead atoms. The van der Waals surface area contributed by atoms with Crippen LogP contribution in [-0.4, -0.2) is 24.8 Å². The summed E-state index contributed by atoms with van der Waals surface area (Å²) < 4.78 is 60.8. The summed E-state index contributed by atoms with van der Waals surface area (Å²) in [5.74, 6) is -4.48. The minimum Gasteiger partial charge on any atom is -0.456 e. The molecule has 4 rings (SSSR count). The van der Waals surface area contributed by atoms with Gasteiger partial charge in [0.2, 0.25) is 5.82 Å². The standard InChI is InChI=1S/C25H27F3O4/c1-3-5-14-11-16-12-15-7-10-19(21(27)23(15)32-24(16)22(28)20(14)26)25(29)31-18-9-8-17(6-4-2)30-13-18/h7,10-11,17-18H,3-6,8-9,12-13H2,1-2H3. The summed E-state index contributed by atoms with van der Waals surface area (Å²) in [6, 6.07) is 4.48. The van der Waals surface area contributed by atoms with Crippen molar-refractivity contribution in [2.45, 2.75) is 71.0 Å². The van der Waals surface area contributed by atoms with E-state index in [0.717, 1.165) is 19.3 Å². The van der Waals surface area contributed by atoms with Gasteiger partial charge < -0.3 is 14.2 Å². The minimum absolute atomic E-state index is 0.164. The molecule has 1 saturated heterocycles. The topological polar surface area (TPSA) is 44.8 Å². The minimum atomic E-state index is -1.13. The zero-order chi connectivity index (χ0) is 22.8. The maximum Gasteiger partial charge on any atom is 0.341 e. The molecule has 0 aliphatic carbocycles. The summed E-state index contributed by atoms with van der Waals surface area (Å²) in [6.07, 6.45) is 4.36. The predicted molar refractivity (Wildman–Crippen MR) is 113 cm³/mol. The highest BCUT2D eigenvalue weighted by atomic mass is 19.2. The second-order valence-electron chi connectivity index (χ2n) is 8.44. The van der Waals surface area contributed by atoms with E-state index in [9.17, 15) is 13.6 Å². The summed E-state index contributed by atoms with van der Waals surface area (Å²) in [4.78, 5) is 12.6. The molecule has 2 aliphatic rings. The first-order valence-corrected chi connectivity index (χ1v) is 11.2. The molecule has 0 amide bonds. The van der Waals surface area contributed by atoms with E-state index in [0.29, 0.717) is 30.4 Å². The van der Waals surface area contributed by atoms with E-state index in [2.05, 4.69) is 6.92 Å². The molecule has 2 aliphatic heterocycles. The fourth-order valence-corrected chi connectivity index (χ4v) is 4.36. The predicted octanol–water partition coefficient (Wildman–Crippen LogP) is 6.26.